The molecule has 0 aromatic heterocycles. The van der Waals surface area contributed by atoms with Crippen molar-refractivity contribution < 1.29 is 0 Å². The quantitative estimate of drug-likeness (QED) is 0.761. The molecule has 2 rings (SSSR count). The topological polar surface area (TPSA) is 12.0 Å². The maximum atomic E-state index is 5.91. The van der Waals surface area contributed by atoms with Gasteiger partial charge in [-0.15, -0.1) is 0 Å². The first-order chi connectivity index (χ1) is 9.24. The molecule has 1 aromatic carbocycles. The van der Waals surface area contributed by atoms with Gasteiger partial charge in [-0.1, -0.05) is 49.4 Å². The Labute approximate surface area is 122 Å². The van der Waals surface area contributed by atoms with Crippen molar-refractivity contribution in [2.75, 3.05) is 6.54 Å². The van der Waals surface area contributed by atoms with Gasteiger partial charge < -0.3 is 5.32 Å². The van der Waals surface area contributed by atoms with Crippen LogP contribution in [0.5, 0.6) is 0 Å². The monoisotopic (exact) mass is 279 g/mol. The smallest absolute Gasteiger partial charge is 0.0406 e. The Morgan fingerprint density at radius 2 is 1.74 bits per heavy atom. The summed E-state index contributed by atoms with van der Waals surface area (Å²) in [4.78, 5) is 0. The average Bonchev–Trinajstić information content (AvgIpc) is 2.68. The van der Waals surface area contributed by atoms with E-state index >= 15 is 0 Å². The van der Waals surface area contributed by atoms with Gasteiger partial charge in [-0.2, -0.15) is 0 Å². The predicted molar refractivity (Wildman–Crippen MR) is 83.8 cm³/mol. The zero-order valence-corrected chi connectivity index (χ0v) is 12.8. The van der Waals surface area contributed by atoms with Gasteiger partial charge in [0.15, 0.2) is 0 Å². The Balaban J connectivity index is 1.71. The van der Waals surface area contributed by atoms with E-state index in [0.717, 1.165) is 17.4 Å². The molecule has 1 saturated carbocycles. The van der Waals surface area contributed by atoms with Gasteiger partial charge in [0.25, 0.3) is 0 Å². The van der Waals surface area contributed by atoms with E-state index in [9.17, 15) is 0 Å². The minimum absolute atomic E-state index is 0.546. The van der Waals surface area contributed by atoms with E-state index in [1.165, 1.54) is 50.6 Å². The summed E-state index contributed by atoms with van der Waals surface area (Å²) in [6, 6.07) is 8.77. The molecule has 1 N–H and O–H groups in total. The molecule has 0 radical (unpaired) electrons. The third-order valence-corrected chi connectivity index (χ3v) is 4.44. The lowest BCUT2D eigenvalue weighted by Gasteiger charge is -2.19. The molecule has 0 heterocycles. The summed E-state index contributed by atoms with van der Waals surface area (Å²) in [5, 5.41) is 4.53. The van der Waals surface area contributed by atoms with Gasteiger partial charge in [0.1, 0.15) is 0 Å². The third-order valence-electron chi connectivity index (χ3n) is 4.18. The van der Waals surface area contributed by atoms with Crippen LogP contribution in [-0.2, 0) is 6.42 Å². The van der Waals surface area contributed by atoms with Gasteiger partial charge >= 0.3 is 0 Å². The van der Waals surface area contributed by atoms with Gasteiger partial charge in [-0.3, -0.25) is 0 Å². The van der Waals surface area contributed by atoms with Crippen LogP contribution in [0, 0.1) is 5.92 Å². The molecule has 1 aliphatic rings. The van der Waals surface area contributed by atoms with Crippen molar-refractivity contribution in [3.63, 3.8) is 0 Å². The largest absolute Gasteiger partial charge is 0.314 e. The van der Waals surface area contributed by atoms with Crippen LogP contribution in [0.1, 0.15) is 51.0 Å². The standard InChI is InChI=1S/C17H26ClN/c1-14(12-15-8-10-17(18)11-9-15)19-13-16-6-4-2-3-5-7-16/h8-11,14,16,19H,2-7,12-13H2,1H3. The minimum Gasteiger partial charge on any atom is -0.314 e. The van der Waals surface area contributed by atoms with Crippen LogP contribution in [0.3, 0.4) is 0 Å². The average molecular weight is 280 g/mol. The summed E-state index contributed by atoms with van der Waals surface area (Å²) in [5.74, 6) is 0.898. The molecule has 1 nitrogen and oxygen atoms in total. The Kier molecular flexibility index (Phi) is 6.19. The van der Waals surface area contributed by atoms with Crippen molar-refractivity contribution in [1.29, 1.82) is 0 Å². The van der Waals surface area contributed by atoms with E-state index in [1.54, 1.807) is 0 Å². The first kappa shape index (κ1) is 14.9. The molecule has 1 aromatic rings. The molecule has 0 saturated heterocycles. The lowest BCUT2D eigenvalue weighted by atomic mass is 9.99. The van der Waals surface area contributed by atoms with Crippen LogP contribution in [0.2, 0.25) is 5.02 Å². The first-order valence-electron chi connectivity index (χ1n) is 7.72. The SMILES string of the molecule is CC(Cc1ccc(Cl)cc1)NCC1CCCCCC1. The normalized spacial score (nSPS) is 19.1. The molecule has 2 heteroatoms. The summed E-state index contributed by atoms with van der Waals surface area (Å²) < 4.78 is 0. The number of hydrogen-bond acceptors (Lipinski definition) is 1. The summed E-state index contributed by atoms with van der Waals surface area (Å²) in [6.45, 7) is 3.47. The van der Waals surface area contributed by atoms with Crippen LogP contribution in [0.15, 0.2) is 24.3 Å². The van der Waals surface area contributed by atoms with Gasteiger partial charge in [0.05, 0.1) is 0 Å². The van der Waals surface area contributed by atoms with E-state index in [-0.39, 0.29) is 0 Å². The second-order valence-electron chi connectivity index (χ2n) is 6.00. The van der Waals surface area contributed by atoms with Crippen LogP contribution in [0.4, 0.5) is 0 Å². The Morgan fingerprint density at radius 3 is 2.37 bits per heavy atom. The Hall–Kier alpha value is -0.530. The Morgan fingerprint density at radius 1 is 1.11 bits per heavy atom. The van der Waals surface area contributed by atoms with Gasteiger partial charge in [0.2, 0.25) is 0 Å². The lowest BCUT2D eigenvalue weighted by molar-refractivity contribution is 0.398. The summed E-state index contributed by atoms with van der Waals surface area (Å²) >= 11 is 5.91. The van der Waals surface area contributed by atoms with Crippen LogP contribution in [-0.4, -0.2) is 12.6 Å². The van der Waals surface area contributed by atoms with Crippen molar-refractivity contribution in [2.45, 2.75) is 57.9 Å². The fourth-order valence-electron chi connectivity index (χ4n) is 2.98. The number of rotatable bonds is 5. The molecule has 0 aliphatic heterocycles. The molecule has 0 bridgehead atoms. The minimum atomic E-state index is 0.546. The molecule has 0 amide bonds. The highest BCUT2D eigenvalue weighted by Gasteiger charge is 2.13. The molecular weight excluding hydrogens is 254 g/mol. The molecule has 1 unspecified atom stereocenters. The zero-order valence-electron chi connectivity index (χ0n) is 12.0. The Bertz CT molecular complexity index is 352. The van der Waals surface area contributed by atoms with Crippen molar-refractivity contribution in [3.8, 4) is 0 Å². The number of hydrogen-bond donors (Lipinski definition) is 1. The van der Waals surface area contributed by atoms with Crippen molar-refractivity contribution in [1.82, 2.24) is 5.32 Å². The highest BCUT2D eigenvalue weighted by atomic mass is 35.5. The molecule has 106 valence electrons. The molecule has 1 atom stereocenters. The summed E-state index contributed by atoms with van der Waals surface area (Å²) in [6.07, 6.45) is 9.66. The lowest BCUT2D eigenvalue weighted by Crippen LogP contribution is -2.32. The van der Waals surface area contributed by atoms with E-state index in [2.05, 4.69) is 24.4 Å². The van der Waals surface area contributed by atoms with E-state index in [0.29, 0.717) is 6.04 Å². The molecule has 19 heavy (non-hydrogen) atoms. The fourth-order valence-corrected chi connectivity index (χ4v) is 3.11. The van der Waals surface area contributed by atoms with Crippen molar-refractivity contribution in [2.24, 2.45) is 5.92 Å². The van der Waals surface area contributed by atoms with E-state index < -0.39 is 0 Å². The van der Waals surface area contributed by atoms with E-state index in [4.69, 9.17) is 11.6 Å². The van der Waals surface area contributed by atoms with Crippen LogP contribution < -0.4 is 5.32 Å². The highest BCUT2D eigenvalue weighted by Crippen LogP contribution is 2.22. The van der Waals surface area contributed by atoms with Gasteiger partial charge in [0, 0.05) is 11.1 Å². The zero-order chi connectivity index (χ0) is 13.5. The van der Waals surface area contributed by atoms with Gasteiger partial charge in [-0.25, -0.2) is 0 Å². The first-order valence-corrected chi connectivity index (χ1v) is 8.09. The number of benzene rings is 1. The maximum Gasteiger partial charge on any atom is 0.0406 e. The van der Waals surface area contributed by atoms with E-state index in [1.807, 2.05) is 12.1 Å². The molecule has 1 aliphatic carbocycles. The van der Waals surface area contributed by atoms with Crippen molar-refractivity contribution >= 4 is 11.6 Å². The summed E-state index contributed by atoms with van der Waals surface area (Å²) in [5.41, 5.74) is 1.37. The van der Waals surface area contributed by atoms with Crippen LogP contribution >= 0.6 is 11.6 Å². The third kappa shape index (κ3) is 5.54. The second-order valence-corrected chi connectivity index (χ2v) is 6.43. The number of nitrogens with one attached hydrogen (secondary N) is 1. The molecular formula is C17H26ClN. The van der Waals surface area contributed by atoms with Crippen LogP contribution in [0.25, 0.3) is 0 Å². The number of halogens is 1. The molecule has 0 spiro atoms. The van der Waals surface area contributed by atoms with Gasteiger partial charge in [-0.05, 0) is 56.3 Å². The van der Waals surface area contributed by atoms with Crippen molar-refractivity contribution in [3.05, 3.63) is 34.9 Å². The maximum absolute atomic E-state index is 5.91. The summed E-state index contributed by atoms with van der Waals surface area (Å²) in [7, 11) is 0. The molecule has 1 fully saturated rings. The fraction of sp³-hybridized carbons (Fsp3) is 0.647. The second kappa shape index (κ2) is 7.91. The highest BCUT2D eigenvalue weighted by molar-refractivity contribution is 6.30. The predicted octanol–water partition coefficient (Wildman–Crippen LogP) is 4.83.